The van der Waals surface area contributed by atoms with Crippen LogP contribution in [0, 0.1) is 12.8 Å². The van der Waals surface area contributed by atoms with E-state index in [0.29, 0.717) is 26.3 Å². The highest BCUT2D eigenvalue weighted by Crippen LogP contribution is 2.34. The average molecular weight is 471 g/mol. The molecule has 0 N–H and O–H groups in total. The third-order valence-electron chi connectivity index (χ3n) is 6.81. The van der Waals surface area contributed by atoms with Gasteiger partial charge in [0.25, 0.3) is 0 Å². The number of nitrogens with zero attached hydrogens (tertiary/aromatic N) is 2. The first-order valence-corrected chi connectivity index (χ1v) is 12.8. The first kappa shape index (κ1) is 23.8. The molecule has 0 radical (unpaired) electrons. The Labute approximate surface area is 200 Å². The molecule has 2 aliphatic rings. The van der Waals surface area contributed by atoms with Crippen molar-refractivity contribution in [1.82, 2.24) is 9.80 Å². The van der Waals surface area contributed by atoms with Gasteiger partial charge in [0.05, 0.1) is 19.2 Å². The Bertz CT molecular complexity index is 953. The predicted octanol–water partition coefficient (Wildman–Crippen LogP) is 4.23. The van der Waals surface area contributed by atoms with Crippen LogP contribution in [0.1, 0.15) is 47.7 Å². The molecule has 6 nitrogen and oxygen atoms in total. The van der Waals surface area contributed by atoms with Gasteiger partial charge in [0, 0.05) is 31.0 Å². The van der Waals surface area contributed by atoms with Crippen molar-refractivity contribution in [2.24, 2.45) is 5.92 Å². The van der Waals surface area contributed by atoms with Crippen LogP contribution in [-0.2, 0) is 20.7 Å². The molecule has 1 fully saturated rings. The topological polar surface area (TPSA) is 59.1 Å². The van der Waals surface area contributed by atoms with Crippen LogP contribution in [0.4, 0.5) is 0 Å². The van der Waals surface area contributed by atoms with E-state index in [1.54, 1.807) is 23.3 Å². The Morgan fingerprint density at radius 1 is 1.18 bits per heavy atom. The van der Waals surface area contributed by atoms with Gasteiger partial charge in [-0.15, -0.1) is 11.3 Å². The maximum Gasteiger partial charge on any atom is 0.242 e. The van der Waals surface area contributed by atoms with Crippen LogP contribution >= 0.6 is 11.3 Å². The van der Waals surface area contributed by atoms with Gasteiger partial charge in [-0.25, -0.2) is 0 Å². The molecule has 0 unspecified atom stereocenters. The number of ether oxygens (including phenoxy) is 2. The maximum absolute atomic E-state index is 13.6. The number of hydrogen-bond donors (Lipinski definition) is 0. The SMILES string of the molecule is COCCN(CC(=O)N1CCc2sccc2[C@H]1COc1ccccc1C)C(=O)C1CCCC1. The zero-order chi connectivity index (χ0) is 23.2. The van der Waals surface area contributed by atoms with E-state index in [1.807, 2.05) is 36.1 Å². The Balaban J connectivity index is 1.49. The van der Waals surface area contributed by atoms with Crippen LogP contribution in [0.3, 0.4) is 0 Å². The van der Waals surface area contributed by atoms with Crippen LogP contribution in [0.25, 0.3) is 0 Å². The van der Waals surface area contributed by atoms with Crippen LogP contribution in [-0.4, -0.2) is 61.6 Å². The summed E-state index contributed by atoms with van der Waals surface area (Å²) in [4.78, 5) is 31.6. The number of fused-ring (bicyclic) bond motifs is 1. The molecule has 178 valence electrons. The lowest BCUT2D eigenvalue weighted by atomic mass is 10.00. The van der Waals surface area contributed by atoms with Gasteiger partial charge in [0.1, 0.15) is 12.4 Å². The first-order valence-electron chi connectivity index (χ1n) is 11.9. The van der Waals surface area contributed by atoms with Crippen LogP contribution in [0.15, 0.2) is 35.7 Å². The van der Waals surface area contributed by atoms with Crippen molar-refractivity contribution >= 4 is 23.2 Å². The number of aryl methyl sites for hydroxylation is 1. The van der Waals surface area contributed by atoms with Gasteiger partial charge >= 0.3 is 0 Å². The minimum Gasteiger partial charge on any atom is -0.491 e. The first-order chi connectivity index (χ1) is 16.1. The van der Waals surface area contributed by atoms with Crippen molar-refractivity contribution in [2.45, 2.75) is 45.1 Å². The number of rotatable bonds is 9. The molecule has 1 aromatic heterocycles. The van der Waals surface area contributed by atoms with Gasteiger partial charge in [-0.3, -0.25) is 9.59 Å². The fourth-order valence-corrected chi connectivity index (χ4v) is 5.84. The van der Waals surface area contributed by atoms with Crippen molar-refractivity contribution in [1.29, 1.82) is 0 Å². The number of carbonyl (C=O) groups is 2. The normalized spacial score (nSPS) is 18.2. The van der Waals surface area contributed by atoms with E-state index in [2.05, 4.69) is 11.4 Å². The number of hydrogen-bond acceptors (Lipinski definition) is 5. The molecule has 7 heteroatoms. The summed E-state index contributed by atoms with van der Waals surface area (Å²) in [6.45, 7) is 4.04. The predicted molar refractivity (Wildman–Crippen MR) is 130 cm³/mol. The van der Waals surface area contributed by atoms with E-state index in [4.69, 9.17) is 9.47 Å². The molecular formula is C26H34N2O4S. The molecule has 4 rings (SSSR count). The second-order valence-electron chi connectivity index (χ2n) is 8.96. The van der Waals surface area contributed by atoms with Crippen molar-refractivity contribution in [2.75, 3.05) is 40.0 Å². The van der Waals surface area contributed by atoms with E-state index < -0.39 is 0 Å². The van der Waals surface area contributed by atoms with E-state index in [-0.39, 0.29) is 30.3 Å². The fourth-order valence-electron chi connectivity index (χ4n) is 4.92. The van der Waals surface area contributed by atoms with Gasteiger partial charge in [-0.1, -0.05) is 31.0 Å². The number of thiophene rings is 1. The lowest BCUT2D eigenvalue weighted by molar-refractivity contribution is -0.145. The number of benzene rings is 1. The molecular weight excluding hydrogens is 436 g/mol. The Hall–Kier alpha value is -2.38. The Morgan fingerprint density at radius 2 is 1.97 bits per heavy atom. The van der Waals surface area contributed by atoms with E-state index in [1.165, 1.54) is 10.4 Å². The van der Waals surface area contributed by atoms with E-state index in [0.717, 1.165) is 43.4 Å². The summed E-state index contributed by atoms with van der Waals surface area (Å²) in [7, 11) is 1.63. The summed E-state index contributed by atoms with van der Waals surface area (Å²) in [5.74, 6) is 0.955. The third-order valence-corrected chi connectivity index (χ3v) is 7.81. The van der Waals surface area contributed by atoms with Crippen LogP contribution < -0.4 is 4.74 Å². The summed E-state index contributed by atoms with van der Waals surface area (Å²) >= 11 is 1.74. The van der Waals surface area contributed by atoms with Crippen LogP contribution in [0.5, 0.6) is 5.75 Å². The molecule has 0 spiro atoms. The lowest BCUT2D eigenvalue weighted by Gasteiger charge is -2.37. The highest BCUT2D eigenvalue weighted by atomic mass is 32.1. The van der Waals surface area contributed by atoms with E-state index >= 15 is 0 Å². The van der Waals surface area contributed by atoms with Gasteiger partial charge in [0.15, 0.2) is 0 Å². The number of para-hydroxylation sites is 1. The molecule has 2 heterocycles. The fraction of sp³-hybridized carbons (Fsp3) is 0.538. The quantitative estimate of drug-likeness (QED) is 0.550. The zero-order valence-corrected chi connectivity index (χ0v) is 20.4. The number of amides is 2. The largest absolute Gasteiger partial charge is 0.491 e. The summed E-state index contributed by atoms with van der Waals surface area (Å²) in [5.41, 5.74) is 2.24. The molecule has 0 bridgehead atoms. The number of carbonyl (C=O) groups excluding carboxylic acids is 2. The highest BCUT2D eigenvalue weighted by molar-refractivity contribution is 7.10. The van der Waals surface area contributed by atoms with Crippen LogP contribution in [0.2, 0.25) is 0 Å². The maximum atomic E-state index is 13.6. The Morgan fingerprint density at radius 3 is 2.73 bits per heavy atom. The molecule has 2 amide bonds. The van der Waals surface area contributed by atoms with Gasteiger partial charge in [-0.2, -0.15) is 0 Å². The second-order valence-corrected chi connectivity index (χ2v) is 9.96. The summed E-state index contributed by atoms with van der Waals surface area (Å²) < 4.78 is 11.4. The van der Waals surface area contributed by atoms with Gasteiger partial charge < -0.3 is 19.3 Å². The third kappa shape index (κ3) is 5.58. The second kappa shape index (κ2) is 11.2. The van der Waals surface area contributed by atoms with E-state index in [9.17, 15) is 9.59 Å². The molecule has 33 heavy (non-hydrogen) atoms. The lowest BCUT2D eigenvalue weighted by Crippen LogP contribution is -2.49. The minimum absolute atomic E-state index is 0.0207. The highest BCUT2D eigenvalue weighted by Gasteiger charge is 2.35. The standard InChI is InChI=1S/C26H34N2O4S/c1-19-7-3-6-10-23(19)32-18-22-21-12-16-33-24(21)11-13-28(22)25(29)17-27(14-15-31-2)26(30)20-8-4-5-9-20/h3,6-7,10,12,16,20,22H,4-5,8-9,11,13-15,17-18H2,1-2H3/t22-/m1/s1. The summed E-state index contributed by atoms with van der Waals surface area (Å²) in [6.07, 6.45) is 4.87. The Kier molecular flexibility index (Phi) is 8.04. The molecule has 1 saturated carbocycles. The monoisotopic (exact) mass is 470 g/mol. The van der Waals surface area contributed by atoms with Crippen molar-refractivity contribution in [3.8, 4) is 5.75 Å². The van der Waals surface area contributed by atoms with Crippen molar-refractivity contribution in [3.63, 3.8) is 0 Å². The average Bonchev–Trinajstić information content (AvgIpc) is 3.52. The van der Waals surface area contributed by atoms with Gasteiger partial charge in [-0.05, 0) is 54.8 Å². The molecule has 1 aromatic carbocycles. The van der Waals surface area contributed by atoms with Crippen molar-refractivity contribution < 1.29 is 19.1 Å². The molecule has 0 saturated heterocycles. The smallest absolute Gasteiger partial charge is 0.242 e. The van der Waals surface area contributed by atoms with Crippen molar-refractivity contribution in [3.05, 3.63) is 51.7 Å². The van der Waals surface area contributed by atoms with Gasteiger partial charge in [0.2, 0.25) is 11.8 Å². The molecule has 1 aliphatic heterocycles. The minimum atomic E-state index is -0.155. The molecule has 2 aromatic rings. The zero-order valence-electron chi connectivity index (χ0n) is 19.6. The summed E-state index contributed by atoms with van der Waals surface area (Å²) in [6, 6.07) is 9.90. The molecule has 1 atom stereocenters. The molecule has 1 aliphatic carbocycles. The summed E-state index contributed by atoms with van der Waals surface area (Å²) in [5, 5.41) is 2.09. The number of methoxy groups -OCH3 is 1.